The van der Waals surface area contributed by atoms with Gasteiger partial charge in [0.1, 0.15) is 17.3 Å². The molecule has 1 heterocycles. The molecule has 0 spiro atoms. The maximum Gasteiger partial charge on any atom is 0.334 e. The number of alkyl halides is 1. The first-order valence-electron chi connectivity index (χ1n) is 13.1. The molecule has 0 aromatic heterocycles. The molecule has 8 heteroatoms. The van der Waals surface area contributed by atoms with Gasteiger partial charge < -0.3 is 25.2 Å². The van der Waals surface area contributed by atoms with Crippen LogP contribution in [-0.2, 0) is 14.3 Å². The molecule has 4 aliphatic carbocycles. The molecule has 3 saturated carbocycles. The fraction of sp³-hybridized carbons (Fsp3) is 0.786. The number of hydrogen-bond donors (Lipinski definition) is 4. The summed E-state index contributed by atoms with van der Waals surface area (Å²) >= 11 is 6.81. The van der Waals surface area contributed by atoms with Gasteiger partial charge in [0.15, 0.2) is 5.78 Å². The third-order valence-electron chi connectivity index (χ3n) is 11.8. The molecule has 36 heavy (non-hydrogen) atoms. The van der Waals surface area contributed by atoms with Gasteiger partial charge in [-0.2, -0.15) is 0 Å². The third-order valence-corrected chi connectivity index (χ3v) is 12.3. The number of carbonyl (C=O) groups is 2. The minimum absolute atomic E-state index is 0.105. The van der Waals surface area contributed by atoms with Gasteiger partial charge in [0, 0.05) is 17.4 Å². The van der Waals surface area contributed by atoms with Crippen LogP contribution >= 0.6 is 11.6 Å². The number of aliphatic hydroxyl groups is 4. The molecule has 7 nitrogen and oxygen atoms in total. The fourth-order valence-electron chi connectivity index (χ4n) is 8.90. The lowest BCUT2D eigenvalue weighted by Crippen LogP contribution is -2.75. The maximum absolute atomic E-state index is 13.3. The van der Waals surface area contributed by atoms with E-state index in [0.29, 0.717) is 31.3 Å². The average molecular weight is 523 g/mol. The summed E-state index contributed by atoms with van der Waals surface area (Å²) < 4.78 is 5.61. The highest BCUT2D eigenvalue weighted by molar-refractivity contribution is 6.22. The summed E-state index contributed by atoms with van der Waals surface area (Å²) in [4.78, 5) is 25.7. The molecular formula is C28H39ClO7. The quantitative estimate of drug-likeness (QED) is 0.324. The fourth-order valence-corrected chi connectivity index (χ4v) is 9.41. The molecule has 0 bridgehead atoms. The maximum atomic E-state index is 13.3. The molecule has 200 valence electrons. The van der Waals surface area contributed by atoms with Gasteiger partial charge in [-0.1, -0.05) is 18.6 Å². The highest BCUT2D eigenvalue weighted by Gasteiger charge is 2.78. The molecule has 0 saturated heterocycles. The normalized spacial score (nSPS) is 52.3. The minimum atomic E-state index is -1.83. The van der Waals surface area contributed by atoms with Gasteiger partial charge in [0.25, 0.3) is 0 Å². The van der Waals surface area contributed by atoms with Crippen LogP contribution in [0.25, 0.3) is 0 Å². The van der Waals surface area contributed by atoms with Crippen LogP contribution < -0.4 is 0 Å². The lowest BCUT2D eigenvalue weighted by atomic mass is 9.41. The van der Waals surface area contributed by atoms with Crippen molar-refractivity contribution in [1.29, 1.82) is 0 Å². The smallest absolute Gasteiger partial charge is 0.334 e. The Morgan fingerprint density at radius 1 is 1.06 bits per heavy atom. The van der Waals surface area contributed by atoms with Gasteiger partial charge in [-0.15, -0.1) is 11.6 Å². The van der Waals surface area contributed by atoms with E-state index >= 15 is 0 Å². The van der Waals surface area contributed by atoms with Crippen LogP contribution in [0.5, 0.6) is 0 Å². The standard InChI is InChI=1S/C28H39ClO7/c1-15-13-21(36-22(31)16(15)2)25(5,32)28(35)12-11-26(33)18-14-19(29)27(34)9-6-7-20(30)24(27,4)17(18)8-10-23(26,28)3/h6-7,17-19,21,32-35H,8-14H2,1-5H3. The third kappa shape index (κ3) is 2.79. The van der Waals surface area contributed by atoms with Gasteiger partial charge in [-0.05, 0) is 84.1 Å². The van der Waals surface area contributed by atoms with Crippen molar-refractivity contribution in [3.8, 4) is 0 Å². The van der Waals surface area contributed by atoms with Crippen molar-refractivity contribution in [2.75, 3.05) is 0 Å². The van der Waals surface area contributed by atoms with Crippen molar-refractivity contribution in [3.05, 3.63) is 23.3 Å². The molecule has 5 rings (SSSR count). The van der Waals surface area contributed by atoms with Crippen LogP contribution in [-0.4, -0.2) is 66.1 Å². The Kier molecular flexibility index (Phi) is 5.61. The predicted octanol–water partition coefficient (Wildman–Crippen LogP) is 2.96. The number of fused-ring (bicyclic) bond motifs is 5. The Morgan fingerprint density at radius 2 is 1.72 bits per heavy atom. The van der Waals surface area contributed by atoms with Crippen LogP contribution in [0.2, 0.25) is 0 Å². The van der Waals surface area contributed by atoms with E-state index < -0.39 is 56.6 Å². The topological polar surface area (TPSA) is 124 Å². The van der Waals surface area contributed by atoms with E-state index in [1.165, 1.54) is 13.0 Å². The number of hydrogen-bond acceptors (Lipinski definition) is 7. The summed E-state index contributed by atoms with van der Waals surface area (Å²) in [6.07, 6.45) is 4.22. The van der Waals surface area contributed by atoms with E-state index in [2.05, 4.69) is 0 Å². The Balaban J connectivity index is 1.55. The van der Waals surface area contributed by atoms with Crippen molar-refractivity contribution in [1.82, 2.24) is 0 Å². The molecular weight excluding hydrogens is 484 g/mol. The SMILES string of the molecule is CC1=C(C)C(=O)OC(C(C)(O)C2(O)CCC3(O)C4CC(Cl)C5(O)CC=CC(=O)C5(C)C4CCC32C)C1. The van der Waals surface area contributed by atoms with Crippen molar-refractivity contribution in [2.45, 2.75) is 113 Å². The molecule has 1 aliphatic heterocycles. The lowest BCUT2D eigenvalue weighted by Gasteiger charge is -2.66. The van der Waals surface area contributed by atoms with Crippen LogP contribution in [0.15, 0.2) is 23.3 Å². The van der Waals surface area contributed by atoms with Crippen molar-refractivity contribution >= 4 is 23.4 Å². The largest absolute Gasteiger partial charge is 0.455 e. The Labute approximate surface area is 217 Å². The first-order valence-corrected chi connectivity index (χ1v) is 13.6. The number of cyclic esters (lactones) is 1. The molecule has 10 unspecified atom stereocenters. The number of allylic oxidation sites excluding steroid dienone is 1. The molecule has 10 atom stereocenters. The highest BCUT2D eigenvalue weighted by Crippen LogP contribution is 2.71. The lowest BCUT2D eigenvalue weighted by molar-refractivity contribution is -0.290. The summed E-state index contributed by atoms with van der Waals surface area (Å²) in [6.45, 7) is 8.58. The minimum Gasteiger partial charge on any atom is -0.455 e. The molecule has 4 N–H and O–H groups in total. The first kappa shape index (κ1) is 26.4. The van der Waals surface area contributed by atoms with Crippen molar-refractivity contribution < 1.29 is 34.8 Å². The number of esters is 1. The molecule has 3 fully saturated rings. The number of ether oxygens (including phenoxy) is 1. The first-order chi connectivity index (χ1) is 16.5. The van der Waals surface area contributed by atoms with E-state index in [-0.39, 0.29) is 31.0 Å². The summed E-state index contributed by atoms with van der Waals surface area (Å²) in [5.41, 5.74) is -7.45. The monoisotopic (exact) mass is 522 g/mol. The summed E-state index contributed by atoms with van der Waals surface area (Å²) in [5.74, 6) is -1.48. The van der Waals surface area contributed by atoms with Gasteiger partial charge >= 0.3 is 5.97 Å². The number of rotatable bonds is 2. The van der Waals surface area contributed by atoms with Gasteiger partial charge in [0.2, 0.25) is 0 Å². The molecule has 5 aliphatic rings. The second-order valence-corrected chi connectivity index (χ2v) is 13.3. The highest BCUT2D eigenvalue weighted by atomic mass is 35.5. The zero-order valence-corrected chi connectivity index (χ0v) is 22.6. The Bertz CT molecular complexity index is 1080. The van der Waals surface area contributed by atoms with Gasteiger partial charge in [-0.3, -0.25) is 4.79 Å². The summed E-state index contributed by atoms with van der Waals surface area (Å²) in [6, 6.07) is 0. The van der Waals surface area contributed by atoms with Crippen LogP contribution in [0.4, 0.5) is 0 Å². The zero-order valence-electron chi connectivity index (χ0n) is 21.8. The molecule has 0 aromatic carbocycles. The van der Waals surface area contributed by atoms with Gasteiger partial charge in [0.05, 0.1) is 22.0 Å². The second kappa shape index (κ2) is 7.66. The van der Waals surface area contributed by atoms with Crippen molar-refractivity contribution in [2.24, 2.45) is 22.7 Å². The molecule has 0 radical (unpaired) electrons. The second-order valence-electron chi connectivity index (χ2n) is 12.8. The van der Waals surface area contributed by atoms with Crippen molar-refractivity contribution in [3.63, 3.8) is 0 Å². The van der Waals surface area contributed by atoms with Crippen LogP contribution in [0, 0.1) is 22.7 Å². The molecule has 0 amide bonds. The predicted molar refractivity (Wildman–Crippen MR) is 133 cm³/mol. The molecule has 0 aromatic rings. The summed E-state index contributed by atoms with van der Waals surface area (Å²) in [5, 5.41) is 47.6. The number of carbonyl (C=O) groups excluding carboxylic acids is 2. The van der Waals surface area contributed by atoms with E-state index in [0.717, 1.165) is 5.57 Å². The van der Waals surface area contributed by atoms with E-state index in [9.17, 15) is 30.0 Å². The zero-order chi connectivity index (χ0) is 26.7. The Hall–Kier alpha value is -1.25. The van der Waals surface area contributed by atoms with Crippen LogP contribution in [0.1, 0.15) is 79.6 Å². The summed E-state index contributed by atoms with van der Waals surface area (Å²) in [7, 11) is 0. The average Bonchev–Trinajstić information content (AvgIpc) is 3.03. The Morgan fingerprint density at radius 3 is 2.36 bits per heavy atom. The van der Waals surface area contributed by atoms with Crippen LogP contribution in [0.3, 0.4) is 0 Å². The van der Waals surface area contributed by atoms with Gasteiger partial charge in [-0.25, -0.2) is 4.79 Å². The van der Waals surface area contributed by atoms with E-state index in [1.807, 2.05) is 6.92 Å². The number of ketones is 1. The number of halogens is 1. The van der Waals surface area contributed by atoms with E-state index in [4.69, 9.17) is 16.3 Å². The van der Waals surface area contributed by atoms with E-state index in [1.54, 1.807) is 26.8 Å².